The molecule has 0 spiro atoms. The van der Waals surface area contributed by atoms with Crippen LogP contribution < -0.4 is 5.32 Å². The molecule has 1 aromatic heterocycles. The molecule has 168 valence electrons. The summed E-state index contributed by atoms with van der Waals surface area (Å²) in [5.41, 5.74) is 4.07. The largest absolute Gasteiger partial charge is 0.379 e. The normalized spacial score (nSPS) is 14.5. The minimum atomic E-state index is -0.0868. The Hall–Kier alpha value is -2.20. The molecule has 3 aromatic rings. The highest BCUT2D eigenvalue weighted by atomic mass is 79.9. The maximum Gasteiger partial charge on any atom is 0.234 e. The van der Waals surface area contributed by atoms with E-state index in [1.807, 2.05) is 60.9 Å². The van der Waals surface area contributed by atoms with Crippen molar-refractivity contribution >= 4 is 39.3 Å². The molecule has 2 heterocycles. The highest BCUT2D eigenvalue weighted by Gasteiger charge is 2.20. The number of anilines is 1. The molecule has 2 aromatic carbocycles. The maximum atomic E-state index is 12.7. The van der Waals surface area contributed by atoms with Gasteiger partial charge in [0.2, 0.25) is 5.91 Å². The third kappa shape index (κ3) is 5.58. The van der Waals surface area contributed by atoms with Gasteiger partial charge >= 0.3 is 0 Å². The molecule has 0 aliphatic carbocycles. The average Bonchev–Trinajstić information content (AvgIpc) is 3.19. The Kier molecular flexibility index (Phi) is 7.62. The van der Waals surface area contributed by atoms with Crippen molar-refractivity contribution in [1.82, 2.24) is 19.7 Å². The summed E-state index contributed by atoms with van der Waals surface area (Å²) < 4.78 is 8.37. The Morgan fingerprint density at radius 1 is 1.12 bits per heavy atom. The van der Waals surface area contributed by atoms with Crippen molar-refractivity contribution in [3.63, 3.8) is 0 Å². The van der Waals surface area contributed by atoms with Crippen molar-refractivity contribution in [2.75, 3.05) is 37.4 Å². The van der Waals surface area contributed by atoms with Gasteiger partial charge in [-0.25, -0.2) is 0 Å². The van der Waals surface area contributed by atoms with Crippen LogP contribution in [0.4, 0.5) is 5.69 Å². The number of ether oxygens (including phenoxy) is 1. The number of hydrogen-bond acceptors (Lipinski definition) is 6. The second-order valence-corrected chi connectivity index (χ2v) is 9.51. The zero-order valence-electron chi connectivity index (χ0n) is 18.2. The first-order valence-corrected chi connectivity index (χ1v) is 12.3. The number of thioether (sulfide) groups is 1. The van der Waals surface area contributed by atoms with Gasteiger partial charge in [-0.05, 0) is 65.2 Å². The van der Waals surface area contributed by atoms with Crippen LogP contribution >= 0.6 is 27.7 Å². The fourth-order valence-electron chi connectivity index (χ4n) is 3.49. The Morgan fingerprint density at radius 2 is 1.84 bits per heavy atom. The van der Waals surface area contributed by atoms with Gasteiger partial charge < -0.3 is 10.1 Å². The van der Waals surface area contributed by atoms with Crippen LogP contribution in [0, 0.1) is 13.8 Å². The van der Waals surface area contributed by atoms with E-state index in [1.54, 1.807) is 0 Å². The number of morpholine rings is 1. The third-order valence-electron chi connectivity index (χ3n) is 5.37. The number of amides is 1. The Labute approximate surface area is 200 Å². The van der Waals surface area contributed by atoms with Crippen LogP contribution in [0.3, 0.4) is 0 Å². The number of carbonyl (C=O) groups excluding carboxylic acids is 1. The second kappa shape index (κ2) is 10.6. The van der Waals surface area contributed by atoms with E-state index >= 15 is 0 Å². The lowest BCUT2D eigenvalue weighted by molar-refractivity contribution is -0.113. The fraction of sp³-hybridized carbons (Fsp3) is 0.348. The van der Waals surface area contributed by atoms with E-state index in [0.29, 0.717) is 11.7 Å². The summed E-state index contributed by atoms with van der Waals surface area (Å²) in [4.78, 5) is 15.0. The molecule has 0 atom stereocenters. The molecule has 0 saturated carbocycles. The predicted octanol–water partition coefficient (Wildman–Crippen LogP) is 4.21. The Bertz CT molecular complexity index is 1080. The van der Waals surface area contributed by atoms with Crippen molar-refractivity contribution in [3.05, 3.63) is 63.9 Å². The number of halogens is 1. The molecule has 1 saturated heterocycles. The number of hydrogen-bond donors (Lipinski definition) is 1. The summed E-state index contributed by atoms with van der Waals surface area (Å²) in [7, 11) is 0. The number of benzene rings is 2. The van der Waals surface area contributed by atoms with Gasteiger partial charge in [0, 0.05) is 23.2 Å². The summed E-state index contributed by atoms with van der Waals surface area (Å²) >= 11 is 4.92. The number of para-hydroxylation sites is 1. The van der Waals surface area contributed by atoms with Gasteiger partial charge in [-0.3, -0.25) is 14.3 Å². The van der Waals surface area contributed by atoms with Crippen molar-refractivity contribution in [3.8, 4) is 5.69 Å². The smallest absolute Gasteiger partial charge is 0.234 e. The highest BCUT2D eigenvalue weighted by molar-refractivity contribution is 9.10. The molecule has 9 heteroatoms. The van der Waals surface area contributed by atoms with E-state index in [9.17, 15) is 4.79 Å². The molecule has 32 heavy (non-hydrogen) atoms. The number of nitrogens with one attached hydrogen (secondary N) is 1. The van der Waals surface area contributed by atoms with Crippen LogP contribution in [0.15, 0.2) is 52.1 Å². The minimum absolute atomic E-state index is 0.0868. The molecule has 0 unspecified atom stereocenters. The van der Waals surface area contributed by atoms with Gasteiger partial charge in [0.25, 0.3) is 0 Å². The first kappa shape index (κ1) is 23.0. The zero-order valence-corrected chi connectivity index (χ0v) is 20.6. The van der Waals surface area contributed by atoms with Gasteiger partial charge in [-0.2, -0.15) is 0 Å². The van der Waals surface area contributed by atoms with Crippen LogP contribution in [-0.2, 0) is 16.1 Å². The highest BCUT2D eigenvalue weighted by Crippen LogP contribution is 2.27. The van der Waals surface area contributed by atoms with E-state index in [4.69, 9.17) is 4.74 Å². The van der Waals surface area contributed by atoms with Gasteiger partial charge in [-0.1, -0.05) is 30.0 Å². The molecule has 4 rings (SSSR count). The molecule has 0 bridgehead atoms. The number of rotatable bonds is 7. The van der Waals surface area contributed by atoms with E-state index in [0.717, 1.165) is 53.5 Å². The summed E-state index contributed by atoms with van der Waals surface area (Å²) in [5.74, 6) is 1.01. The Morgan fingerprint density at radius 3 is 2.59 bits per heavy atom. The predicted molar refractivity (Wildman–Crippen MR) is 130 cm³/mol. The van der Waals surface area contributed by atoms with Gasteiger partial charge in [0.15, 0.2) is 11.0 Å². The molecule has 1 aliphatic rings. The lowest BCUT2D eigenvalue weighted by Gasteiger charge is -2.26. The minimum Gasteiger partial charge on any atom is -0.379 e. The molecule has 7 nitrogen and oxygen atoms in total. The monoisotopic (exact) mass is 515 g/mol. The van der Waals surface area contributed by atoms with Crippen LogP contribution in [0.25, 0.3) is 5.69 Å². The first-order valence-electron chi connectivity index (χ1n) is 10.5. The fourth-order valence-corrected chi connectivity index (χ4v) is 4.81. The molecule has 0 radical (unpaired) electrons. The number of aromatic nitrogens is 3. The van der Waals surface area contributed by atoms with E-state index in [-0.39, 0.29) is 11.7 Å². The van der Waals surface area contributed by atoms with Crippen LogP contribution in [0.5, 0.6) is 0 Å². The average molecular weight is 516 g/mol. The summed E-state index contributed by atoms with van der Waals surface area (Å²) in [5, 5.41) is 12.6. The molecule has 1 amide bonds. The first-order chi connectivity index (χ1) is 15.5. The molecular weight excluding hydrogens is 490 g/mol. The zero-order chi connectivity index (χ0) is 22.5. The molecule has 1 N–H and O–H groups in total. The standard InChI is InChI=1S/C23H26BrN5O2S/c1-16-12-19(24)20(13-17(16)2)25-22(30)15-32-23-27-26-21(14-28-8-10-31-11-9-28)29(23)18-6-4-3-5-7-18/h3-7,12-13H,8-11,14-15H2,1-2H3,(H,25,30). The van der Waals surface area contributed by atoms with Gasteiger partial charge in [0.1, 0.15) is 0 Å². The molecular formula is C23H26BrN5O2S. The SMILES string of the molecule is Cc1cc(Br)c(NC(=O)CSc2nnc(CN3CCOCC3)n2-c2ccccc2)cc1C. The van der Waals surface area contributed by atoms with Crippen LogP contribution in [0.2, 0.25) is 0 Å². The van der Waals surface area contributed by atoms with Crippen molar-refractivity contribution in [2.24, 2.45) is 0 Å². The van der Waals surface area contributed by atoms with E-state index in [2.05, 4.69) is 36.3 Å². The molecule has 1 aliphatic heterocycles. The lowest BCUT2D eigenvalue weighted by atomic mass is 10.1. The lowest BCUT2D eigenvalue weighted by Crippen LogP contribution is -2.36. The molecule has 1 fully saturated rings. The van der Waals surface area contributed by atoms with Crippen molar-refractivity contribution in [1.29, 1.82) is 0 Å². The number of aryl methyl sites for hydroxylation is 2. The number of nitrogens with zero attached hydrogens (tertiary/aromatic N) is 4. The van der Waals surface area contributed by atoms with E-state index < -0.39 is 0 Å². The van der Waals surface area contributed by atoms with E-state index in [1.165, 1.54) is 17.3 Å². The van der Waals surface area contributed by atoms with Gasteiger partial charge in [0.05, 0.1) is 31.2 Å². The summed E-state index contributed by atoms with van der Waals surface area (Å²) in [6, 6.07) is 14.0. The van der Waals surface area contributed by atoms with Gasteiger partial charge in [-0.15, -0.1) is 10.2 Å². The quantitative estimate of drug-likeness (QED) is 0.475. The van der Waals surface area contributed by atoms with Crippen molar-refractivity contribution < 1.29 is 9.53 Å². The number of carbonyl (C=O) groups is 1. The third-order valence-corrected chi connectivity index (χ3v) is 6.96. The van der Waals surface area contributed by atoms with Crippen LogP contribution in [-0.4, -0.2) is 57.6 Å². The van der Waals surface area contributed by atoms with Crippen molar-refractivity contribution in [2.45, 2.75) is 25.5 Å². The topological polar surface area (TPSA) is 72.3 Å². The maximum absolute atomic E-state index is 12.7. The summed E-state index contributed by atoms with van der Waals surface area (Å²) in [6.45, 7) is 7.98. The van der Waals surface area contributed by atoms with Crippen LogP contribution in [0.1, 0.15) is 17.0 Å². The second-order valence-electron chi connectivity index (χ2n) is 7.71. The Balaban J connectivity index is 1.49. The summed E-state index contributed by atoms with van der Waals surface area (Å²) in [6.07, 6.45) is 0.